The van der Waals surface area contributed by atoms with Crippen molar-refractivity contribution in [3.63, 3.8) is 0 Å². The van der Waals surface area contributed by atoms with Gasteiger partial charge in [-0.25, -0.2) is 4.79 Å². The highest BCUT2D eigenvalue weighted by Gasteiger charge is 2.09. The second-order valence-electron chi connectivity index (χ2n) is 5.49. The van der Waals surface area contributed by atoms with Crippen molar-refractivity contribution in [2.45, 2.75) is 11.4 Å². The van der Waals surface area contributed by atoms with Crippen molar-refractivity contribution in [1.82, 2.24) is 10.6 Å². The molecule has 1 aromatic heterocycles. The third kappa shape index (κ3) is 5.26. The van der Waals surface area contributed by atoms with Crippen LogP contribution >= 0.6 is 11.8 Å². The second-order valence-corrected chi connectivity index (χ2v) is 6.54. The van der Waals surface area contributed by atoms with E-state index in [-0.39, 0.29) is 18.2 Å². The first-order valence-electron chi connectivity index (χ1n) is 8.09. The summed E-state index contributed by atoms with van der Waals surface area (Å²) >= 11 is 1.38. The number of hydrogen-bond donors (Lipinski definition) is 2. The number of carbonyl (C=O) groups excluding carboxylic acids is 2. The van der Waals surface area contributed by atoms with E-state index < -0.39 is 6.03 Å². The van der Waals surface area contributed by atoms with Gasteiger partial charge in [-0.05, 0) is 35.4 Å². The van der Waals surface area contributed by atoms with Crippen molar-refractivity contribution < 1.29 is 14.0 Å². The second kappa shape index (κ2) is 8.92. The number of carbonyl (C=O) groups is 2. The van der Waals surface area contributed by atoms with Crippen LogP contribution in [0.2, 0.25) is 0 Å². The maximum atomic E-state index is 11.9. The molecule has 2 aromatic carbocycles. The highest BCUT2D eigenvalue weighted by molar-refractivity contribution is 8.00. The van der Waals surface area contributed by atoms with Crippen LogP contribution in [0.3, 0.4) is 0 Å². The van der Waals surface area contributed by atoms with Gasteiger partial charge in [0.1, 0.15) is 5.76 Å². The first-order chi connectivity index (χ1) is 12.7. The molecule has 3 rings (SSSR count). The molecule has 0 bridgehead atoms. The SMILES string of the molecule is O=C(CSc1ccc(-c2ccccc2)cc1)NC(=O)NCc1ccco1. The highest BCUT2D eigenvalue weighted by atomic mass is 32.2. The van der Waals surface area contributed by atoms with Crippen LogP contribution < -0.4 is 10.6 Å². The van der Waals surface area contributed by atoms with Crippen LogP contribution in [0.15, 0.2) is 82.3 Å². The molecular weight excluding hydrogens is 348 g/mol. The van der Waals surface area contributed by atoms with E-state index in [9.17, 15) is 9.59 Å². The number of amides is 3. The van der Waals surface area contributed by atoms with Crippen molar-refractivity contribution in [2.75, 3.05) is 5.75 Å². The van der Waals surface area contributed by atoms with Crippen LogP contribution in [0.25, 0.3) is 11.1 Å². The highest BCUT2D eigenvalue weighted by Crippen LogP contribution is 2.23. The Morgan fingerprint density at radius 1 is 0.885 bits per heavy atom. The van der Waals surface area contributed by atoms with Crippen LogP contribution in [0.1, 0.15) is 5.76 Å². The lowest BCUT2D eigenvalue weighted by Crippen LogP contribution is -2.39. The van der Waals surface area contributed by atoms with Gasteiger partial charge in [0, 0.05) is 4.90 Å². The topological polar surface area (TPSA) is 71.3 Å². The standard InChI is InChI=1S/C20H18N2O3S/c23-19(22-20(24)21-13-17-7-4-12-25-17)14-26-18-10-8-16(9-11-18)15-5-2-1-3-6-15/h1-12H,13-14H2,(H2,21,22,23,24). The predicted octanol–water partition coefficient (Wildman–Crippen LogP) is 4.06. The Morgan fingerprint density at radius 3 is 2.31 bits per heavy atom. The molecule has 3 aromatic rings. The van der Waals surface area contributed by atoms with E-state index in [1.54, 1.807) is 12.1 Å². The minimum Gasteiger partial charge on any atom is -0.467 e. The number of rotatable bonds is 6. The molecule has 0 unspecified atom stereocenters. The van der Waals surface area contributed by atoms with Crippen LogP contribution in [0, 0.1) is 0 Å². The molecule has 0 fully saturated rings. The van der Waals surface area contributed by atoms with E-state index >= 15 is 0 Å². The molecule has 6 heteroatoms. The third-order valence-corrected chi connectivity index (χ3v) is 4.60. The van der Waals surface area contributed by atoms with Crippen LogP contribution in [-0.2, 0) is 11.3 Å². The summed E-state index contributed by atoms with van der Waals surface area (Å²) < 4.78 is 5.10. The van der Waals surface area contributed by atoms with Crippen molar-refractivity contribution in [3.05, 3.63) is 78.8 Å². The zero-order valence-electron chi connectivity index (χ0n) is 14.0. The number of furan rings is 1. The summed E-state index contributed by atoms with van der Waals surface area (Å²) in [7, 11) is 0. The van der Waals surface area contributed by atoms with Crippen LogP contribution in [0.5, 0.6) is 0 Å². The zero-order valence-corrected chi connectivity index (χ0v) is 14.8. The molecule has 0 aliphatic rings. The number of nitrogens with one attached hydrogen (secondary N) is 2. The zero-order chi connectivity index (χ0) is 18.2. The molecule has 0 saturated carbocycles. The minimum absolute atomic E-state index is 0.166. The minimum atomic E-state index is -0.536. The molecule has 0 aliphatic carbocycles. The van der Waals surface area contributed by atoms with E-state index in [0.29, 0.717) is 5.76 Å². The van der Waals surface area contributed by atoms with E-state index in [0.717, 1.165) is 16.0 Å². The van der Waals surface area contributed by atoms with Gasteiger partial charge in [-0.3, -0.25) is 10.1 Å². The molecule has 132 valence electrons. The van der Waals surface area contributed by atoms with Gasteiger partial charge in [-0.15, -0.1) is 11.8 Å². The monoisotopic (exact) mass is 366 g/mol. The number of thioether (sulfide) groups is 1. The molecule has 26 heavy (non-hydrogen) atoms. The summed E-state index contributed by atoms with van der Waals surface area (Å²) in [5, 5.41) is 4.86. The van der Waals surface area contributed by atoms with Crippen molar-refractivity contribution in [1.29, 1.82) is 0 Å². The van der Waals surface area contributed by atoms with E-state index in [4.69, 9.17) is 4.42 Å². The lowest BCUT2D eigenvalue weighted by Gasteiger charge is -2.06. The molecule has 1 heterocycles. The Kier molecular flexibility index (Phi) is 6.11. The van der Waals surface area contributed by atoms with Gasteiger partial charge >= 0.3 is 6.03 Å². The molecular formula is C20H18N2O3S. The van der Waals surface area contributed by atoms with Crippen molar-refractivity contribution >= 4 is 23.7 Å². The van der Waals surface area contributed by atoms with Gasteiger partial charge in [0.05, 0.1) is 18.6 Å². The molecule has 2 N–H and O–H groups in total. The van der Waals surface area contributed by atoms with Crippen molar-refractivity contribution in [3.8, 4) is 11.1 Å². The average Bonchev–Trinajstić information content (AvgIpc) is 3.19. The Morgan fingerprint density at radius 2 is 1.62 bits per heavy atom. The maximum absolute atomic E-state index is 11.9. The number of imide groups is 1. The van der Waals surface area contributed by atoms with Gasteiger partial charge in [-0.1, -0.05) is 42.5 Å². The van der Waals surface area contributed by atoms with Gasteiger partial charge in [0.15, 0.2) is 0 Å². The summed E-state index contributed by atoms with van der Waals surface area (Å²) in [4.78, 5) is 24.5. The van der Waals surface area contributed by atoms with Gasteiger partial charge in [0.25, 0.3) is 0 Å². The van der Waals surface area contributed by atoms with Gasteiger partial charge < -0.3 is 9.73 Å². The molecule has 0 atom stereocenters. The fourth-order valence-electron chi connectivity index (χ4n) is 2.31. The molecule has 5 nitrogen and oxygen atoms in total. The summed E-state index contributed by atoms with van der Waals surface area (Å²) in [5.41, 5.74) is 2.27. The summed E-state index contributed by atoms with van der Waals surface area (Å²) in [6.07, 6.45) is 1.53. The molecule has 0 spiro atoms. The Bertz CT molecular complexity index is 847. The van der Waals surface area contributed by atoms with Gasteiger partial charge in [0.2, 0.25) is 5.91 Å². The van der Waals surface area contributed by atoms with E-state index in [2.05, 4.69) is 22.8 Å². The van der Waals surface area contributed by atoms with Crippen LogP contribution in [0.4, 0.5) is 4.79 Å². The smallest absolute Gasteiger partial charge is 0.321 e. The normalized spacial score (nSPS) is 10.3. The first kappa shape index (κ1) is 17.8. The fraction of sp³-hybridized carbons (Fsp3) is 0.100. The van der Waals surface area contributed by atoms with E-state index in [1.165, 1.54) is 18.0 Å². The number of urea groups is 1. The first-order valence-corrected chi connectivity index (χ1v) is 9.07. The Balaban J connectivity index is 1.43. The molecule has 3 amide bonds. The maximum Gasteiger partial charge on any atom is 0.321 e. The Hall–Kier alpha value is -2.99. The average molecular weight is 366 g/mol. The molecule has 0 radical (unpaired) electrons. The molecule has 0 aliphatic heterocycles. The quantitative estimate of drug-likeness (QED) is 0.645. The van der Waals surface area contributed by atoms with Gasteiger partial charge in [-0.2, -0.15) is 0 Å². The Labute approximate surface area is 155 Å². The summed E-state index contributed by atoms with van der Waals surface area (Å²) in [5.74, 6) is 0.443. The lowest BCUT2D eigenvalue weighted by atomic mass is 10.1. The summed E-state index contributed by atoms with van der Waals surface area (Å²) in [6, 6.07) is 21.0. The van der Waals surface area contributed by atoms with E-state index in [1.807, 2.05) is 42.5 Å². The number of benzene rings is 2. The fourth-order valence-corrected chi connectivity index (χ4v) is 3.01. The van der Waals surface area contributed by atoms with Crippen molar-refractivity contribution in [2.24, 2.45) is 0 Å². The third-order valence-electron chi connectivity index (χ3n) is 3.59. The van der Waals surface area contributed by atoms with Crippen LogP contribution in [-0.4, -0.2) is 17.7 Å². The molecule has 0 saturated heterocycles. The lowest BCUT2D eigenvalue weighted by molar-refractivity contribution is -0.117. The predicted molar refractivity (Wildman–Crippen MR) is 102 cm³/mol. The largest absolute Gasteiger partial charge is 0.467 e. The summed E-state index contributed by atoms with van der Waals surface area (Å²) in [6.45, 7) is 0.236. The number of hydrogen-bond acceptors (Lipinski definition) is 4.